The summed E-state index contributed by atoms with van der Waals surface area (Å²) in [5.41, 5.74) is 0. The smallest absolute Gasteiger partial charge is 0.462 e. The largest absolute Gasteiger partial charge is 0.472 e. The van der Waals surface area contributed by atoms with E-state index < -0.39 is 81.8 Å². The van der Waals surface area contributed by atoms with Crippen molar-refractivity contribution in [2.24, 2.45) is 0 Å². The van der Waals surface area contributed by atoms with Crippen molar-refractivity contribution in [2.75, 3.05) is 13.2 Å². The van der Waals surface area contributed by atoms with Gasteiger partial charge in [0.1, 0.15) is 43.2 Å². The van der Waals surface area contributed by atoms with Crippen LogP contribution in [0.1, 0.15) is 149 Å². The average molecular weight is 951 g/mol. The van der Waals surface area contributed by atoms with E-state index in [0.717, 1.165) is 77.0 Å². The van der Waals surface area contributed by atoms with E-state index in [1.807, 2.05) is 54.7 Å². The minimum Gasteiger partial charge on any atom is -0.462 e. The SMILES string of the molecule is CC/C=C\CC(O)/C=C/C=C/C/C=C\C/C=C\C/C=C\CCC(=O)OC[C@H](COP(=O)(O)OC1[C@H](O)[C@H](O)C(O)[C@H](O)[C@H]1O)OC(=O)CCCCCCCCC/C=C\C/C=C\CCCCC. The van der Waals surface area contributed by atoms with Crippen molar-refractivity contribution < 1.29 is 68.2 Å². The molecule has 4 unspecified atom stereocenters. The van der Waals surface area contributed by atoms with Gasteiger partial charge in [0.2, 0.25) is 0 Å². The molecule has 1 aliphatic carbocycles. The molecule has 7 N–H and O–H groups in total. The van der Waals surface area contributed by atoms with Gasteiger partial charge in [-0.25, -0.2) is 4.57 Å². The Bertz CT molecular complexity index is 1540. The number of phosphoric ester groups is 1. The zero-order valence-electron chi connectivity index (χ0n) is 39.6. The molecule has 1 fully saturated rings. The molecule has 66 heavy (non-hydrogen) atoms. The number of ether oxygens (including phenoxy) is 2. The predicted octanol–water partition coefficient (Wildman–Crippen LogP) is 8.80. The summed E-state index contributed by atoms with van der Waals surface area (Å²) >= 11 is 0. The molecule has 14 nitrogen and oxygen atoms in total. The highest BCUT2D eigenvalue weighted by molar-refractivity contribution is 7.47. The number of phosphoric acid groups is 1. The van der Waals surface area contributed by atoms with Crippen LogP contribution in [0.15, 0.2) is 97.2 Å². The monoisotopic (exact) mass is 951 g/mol. The maximum atomic E-state index is 12.8. The van der Waals surface area contributed by atoms with Crippen LogP contribution in [0, 0.1) is 0 Å². The van der Waals surface area contributed by atoms with Gasteiger partial charge in [0.15, 0.2) is 6.10 Å². The normalized spacial score (nSPS) is 22.6. The number of allylic oxidation sites excluding steroid dienone is 14. The van der Waals surface area contributed by atoms with Gasteiger partial charge in [-0.1, -0.05) is 156 Å². The van der Waals surface area contributed by atoms with Crippen molar-refractivity contribution in [1.29, 1.82) is 0 Å². The van der Waals surface area contributed by atoms with Gasteiger partial charge in [-0.3, -0.25) is 18.6 Å². The molecule has 0 radical (unpaired) electrons. The average Bonchev–Trinajstić information content (AvgIpc) is 3.29. The van der Waals surface area contributed by atoms with Crippen LogP contribution in [0.25, 0.3) is 0 Å². The minimum atomic E-state index is -5.15. The first-order valence-electron chi connectivity index (χ1n) is 24.1. The Morgan fingerprint density at radius 1 is 0.561 bits per heavy atom. The molecule has 0 aromatic rings. The Labute approximate surface area is 394 Å². The van der Waals surface area contributed by atoms with Crippen LogP contribution >= 0.6 is 7.82 Å². The molecule has 1 aliphatic rings. The number of hydrogen-bond donors (Lipinski definition) is 7. The van der Waals surface area contributed by atoms with Gasteiger partial charge in [-0.2, -0.15) is 0 Å². The van der Waals surface area contributed by atoms with E-state index in [1.54, 1.807) is 6.08 Å². The third-order valence-electron chi connectivity index (χ3n) is 10.5. The topological polar surface area (TPSA) is 230 Å². The van der Waals surface area contributed by atoms with Crippen LogP contribution in [0.2, 0.25) is 0 Å². The summed E-state index contributed by atoms with van der Waals surface area (Å²) in [6, 6.07) is 0. The first kappa shape index (κ1) is 60.7. The molecule has 1 saturated carbocycles. The van der Waals surface area contributed by atoms with E-state index in [1.165, 1.54) is 19.3 Å². The van der Waals surface area contributed by atoms with Crippen LogP contribution in [-0.2, 0) is 32.7 Å². The van der Waals surface area contributed by atoms with E-state index in [0.29, 0.717) is 25.7 Å². The van der Waals surface area contributed by atoms with Crippen LogP contribution in [-0.4, -0.2) is 110 Å². The molecule has 0 aromatic heterocycles. The summed E-state index contributed by atoms with van der Waals surface area (Å²) in [7, 11) is -5.15. The van der Waals surface area contributed by atoms with Crippen LogP contribution in [0.3, 0.4) is 0 Å². The molecule has 0 bridgehead atoms. The summed E-state index contributed by atoms with van der Waals surface area (Å²) in [6.07, 6.45) is 36.5. The summed E-state index contributed by atoms with van der Waals surface area (Å²) in [6.45, 7) is 2.99. The summed E-state index contributed by atoms with van der Waals surface area (Å²) in [4.78, 5) is 35.7. The van der Waals surface area contributed by atoms with Gasteiger partial charge in [-0.15, -0.1) is 0 Å². The second-order valence-electron chi connectivity index (χ2n) is 16.4. The van der Waals surface area contributed by atoms with E-state index >= 15 is 0 Å². The number of carbonyl (C=O) groups excluding carboxylic acids is 2. The number of rotatable bonds is 38. The molecule has 0 spiro atoms. The number of aliphatic hydroxyl groups excluding tert-OH is 6. The second kappa shape index (κ2) is 39.7. The predicted molar refractivity (Wildman–Crippen MR) is 259 cm³/mol. The number of aliphatic hydroxyl groups is 6. The first-order chi connectivity index (χ1) is 31.8. The quantitative estimate of drug-likeness (QED) is 0.0101. The summed E-state index contributed by atoms with van der Waals surface area (Å²) in [5, 5.41) is 60.0. The van der Waals surface area contributed by atoms with Crippen molar-refractivity contribution in [3.63, 3.8) is 0 Å². The van der Waals surface area contributed by atoms with Gasteiger partial charge in [0.25, 0.3) is 0 Å². The fourth-order valence-corrected chi connectivity index (χ4v) is 7.58. The molecule has 376 valence electrons. The van der Waals surface area contributed by atoms with Crippen molar-refractivity contribution in [2.45, 2.75) is 198 Å². The molecule has 0 aliphatic heterocycles. The Balaban J connectivity index is 2.52. The second-order valence-corrected chi connectivity index (χ2v) is 17.8. The number of carbonyl (C=O) groups is 2. The van der Waals surface area contributed by atoms with Crippen molar-refractivity contribution >= 4 is 19.8 Å². The third-order valence-corrected chi connectivity index (χ3v) is 11.5. The molecular weight excluding hydrogens is 868 g/mol. The van der Waals surface area contributed by atoms with Gasteiger partial charge >= 0.3 is 19.8 Å². The molecule has 0 aromatic carbocycles. The van der Waals surface area contributed by atoms with Crippen LogP contribution < -0.4 is 0 Å². The van der Waals surface area contributed by atoms with Crippen molar-refractivity contribution in [3.05, 3.63) is 97.2 Å². The fraction of sp³-hybridized carbons (Fsp3) is 0.647. The Morgan fingerprint density at radius 2 is 1.08 bits per heavy atom. The number of unbranched alkanes of at least 4 members (excludes halogenated alkanes) is 10. The van der Waals surface area contributed by atoms with E-state index in [4.69, 9.17) is 18.5 Å². The van der Waals surface area contributed by atoms with Gasteiger partial charge in [0.05, 0.1) is 12.7 Å². The lowest BCUT2D eigenvalue weighted by Crippen LogP contribution is -2.64. The third kappa shape index (κ3) is 31.7. The molecule has 15 heteroatoms. The molecule has 0 amide bonds. The standard InChI is InChI=1S/C51H83O14P/c1-3-5-7-8-9-10-11-12-13-14-15-18-22-25-28-31-35-39-45(54)64-43(41-63-66(60,61)65-51-49(58)47(56)46(55)48(57)50(51)59)40-62-44(53)38-34-30-27-24-21-19-16-17-20-23-26-29-33-37-42(52)36-32-6-4-2/h6,9-10,12-13,17,19-21,26-27,29-30,32-33,37,42-43,46-52,55-59H,3-5,7-8,11,14-16,18,22-25,28,31,34-36,38-41H2,1-2H3,(H,60,61)/b10-9-,13-12-,20-17-,21-19-,29-26+,30-27-,32-6-,37-33+/t42?,43-,46?,47-,48+,49-,50-,51?/m1/s1. The number of esters is 2. The number of hydrogen-bond acceptors (Lipinski definition) is 13. The summed E-state index contributed by atoms with van der Waals surface area (Å²) < 4.78 is 33.5. The maximum absolute atomic E-state index is 12.8. The molecule has 0 saturated heterocycles. The first-order valence-corrected chi connectivity index (χ1v) is 25.6. The molecular formula is C51H83O14P. The molecule has 0 heterocycles. The van der Waals surface area contributed by atoms with Crippen molar-refractivity contribution in [1.82, 2.24) is 0 Å². The zero-order valence-corrected chi connectivity index (χ0v) is 40.4. The fourth-order valence-electron chi connectivity index (χ4n) is 6.60. The lowest BCUT2D eigenvalue weighted by Gasteiger charge is -2.41. The Hall–Kier alpha value is -3.27. The molecule has 9 atom stereocenters. The zero-order chi connectivity index (χ0) is 48.7. The highest BCUT2D eigenvalue weighted by Gasteiger charge is 2.51. The minimum absolute atomic E-state index is 0.0190. The highest BCUT2D eigenvalue weighted by atomic mass is 31.2. The van der Waals surface area contributed by atoms with Crippen molar-refractivity contribution in [3.8, 4) is 0 Å². The maximum Gasteiger partial charge on any atom is 0.472 e. The lowest BCUT2D eigenvalue weighted by molar-refractivity contribution is -0.220. The molecule has 1 rings (SSSR count). The van der Waals surface area contributed by atoms with Crippen LogP contribution in [0.4, 0.5) is 0 Å². The Morgan fingerprint density at radius 3 is 1.67 bits per heavy atom. The van der Waals surface area contributed by atoms with Crippen LogP contribution in [0.5, 0.6) is 0 Å². The van der Waals surface area contributed by atoms with Gasteiger partial charge in [0, 0.05) is 12.8 Å². The summed E-state index contributed by atoms with van der Waals surface area (Å²) in [5.74, 6) is -1.24. The Kier molecular flexibility index (Phi) is 36.5. The lowest BCUT2D eigenvalue weighted by atomic mass is 9.85. The highest BCUT2D eigenvalue weighted by Crippen LogP contribution is 2.47. The van der Waals surface area contributed by atoms with Gasteiger partial charge < -0.3 is 45.0 Å². The van der Waals surface area contributed by atoms with E-state index in [2.05, 4.69) is 50.3 Å². The van der Waals surface area contributed by atoms with E-state index in [9.17, 15) is 49.7 Å². The van der Waals surface area contributed by atoms with Gasteiger partial charge in [-0.05, 0) is 77.0 Å². The van der Waals surface area contributed by atoms with E-state index in [-0.39, 0.29) is 12.8 Å².